The van der Waals surface area contributed by atoms with E-state index >= 15 is 0 Å². The number of amides is 2. The van der Waals surface area contributed by atoms with E-state index in [1.807, 2.05) is 54.6 Å². The molecule has 0 atom stereocenters. The summed E-state index contributed by atoms with van der Waals surface area (Å²) >= 11 is 0. The Hall–Kier alpha value is -3.61. The molecule has 7 heteroatoms. The molecule has 0 saturated heterocycles. The molecule has 26 heavy (non-hydrogen) atoms. The fraction of sp³-hybridized carbons (Fsp3) is 0.105. The van der Waals surface area contributed by atoms with Gasteiger partial charge in [0.05, 0.1) is 12.2 Å². The third-order valence-corrected chi connectivity index (χ3v) is 4.17. The van der Waals surface area contributed by atoms with E-state index in [0.717, 1.165) is 16.8 Å². The highest BCUT2D eigenvalue weighted by Gasteiger charge is 2.21. The van der Waals surface area contributed by atoms with E-state index in [1.54, 1.807) is 4.68 Å². The van der Waals surface area contributed by atoms with Crippen molar-refractivity contribution in [3.63, 3.8) is 0 Å². The fourth-order valence-corrected chi connectivity index (χ4v) is 2.82. The van der Waals surface area contributed by atoms with Crippen LogP contribution in [0.15, 0.2) is 60.7 Å². The molecule has 4 rings (SSSR count). The summed E-state index contributed by atoms with van der Waals surface area (Å²) in [6.45, 7) is 1.07. The van der Waals surface area contributed by atoms with Crippen molar-refractivity contribution in [2.24, 2.45) is 0 Å². The number of benzene rings is 2. The Labute approximate surface area is 150 Å². The van der Waals surface area contributed by atoms with Gasteiger partial charge in [-0.05, 0) is 23.3 Å². The third-order valence-electron chi connectivity index (χ3n) is 4.17. The quantitative estimate of drug-likeness (QED) is 0.630. The van der Waals surface area contributed by atoms with Crippen molar-refractivity contribution < 1.29 is 9.59 Å². The summed E-state index contributed by atoms with van der Waals surface area (Å²) in [6, 6.07) is 19.3. The van der Waals surface area contributed by atoms with E-state index in [2.05, 4.69) is 21.3 Å². The van der Waals surface area contributed by atoms with Gasteiger partial charge < -0.3 is 5.32 Å². The van der Waals surface area contributed by atoms with Crippen LogP contribution in [0.3, 0.4) is 0 Å². The number of hydrazine groups is 1. The molecule has 2 amide bonds. The normalized spacial score (nSPS) is 12.8. The summed E-state index contributed by atoms with van der Waals surface area (Å²) in [4.78, 5) is 24.0. The van der Waals surface area contributed by atoms with Crippen LogP contribution in [0.4, 0.5) is 5.69 Å². The SMILES string of the molecule is O=C(NNc1ccc(-c2ccccc2)cc1)c1cc2n(n1)CCNC2=O. The summed E-state index contributed by atoms with van der Waals surface area (Å²) in [7, 11) is 0. The molecular formula is C19H17N5O2. The number of nitrogens with one attached hydrogen (secondary N) is 3. The van der Waals surface area contributed by atoms with Gasteiger partial charge in [0, 0.05) is 12.6 Å². The standard InChI is InChI=1S/C19H17N5O2/c25-18(16-12-17-19(26)20-10-11-24(17)23-16)22-21-15-8-6-14(7-9-15)13-4-2-1-3-5-13/h1-9,12,21H,10-11H2,(H,20,26)(H,22,25). The van der Waals surface area contributed by atoms with Crippen LogP contribution in [0.1, 0.15) is 21.0 Å². The van der Waals surface area contributed by atoms with Crippen LogP contribution in [-0.2, 0) is 6.54 Å². The number of anilines is 1. The summed E-state index contributed by atoms with van der Waals surface area (Å²) in [5, 5.41) is 6.89. The number of rotatable bonds is 4. The number of hydrogen-bond acceptors (Lipinski definition) is 4. The van der Waals surface area contributed by atoms with Crippen LogP contribution in [0, 0.1) is 0 Å². The first-order valence-corrected chi connectivity index (χ1v) is 8.28. The van der Waals surface area contributed by atoms with Gasteiger partial charge in [0.25, 0.3) is 11.8 Å². The molecule has 0 unspecified atom stereocenters. The van der Waals surface area contributed by atoms with Gasteiger partial charge in [-0.3, -0.25) is 25.1 Å². The van der Waals surface area contributed by atoms with E-state index in [0.29, 0.717) is 18.8 Å². The van der Waals surface area contributed by atoms with Gasteiger partial charge in [-0.15, -0.1) is 0 Å². The van der Waals surface area contributed by atoms with Crippen LogP contribution in [0.5, 0.6) is 0 Å². The van der Waals surface area contributed by atoms with Crippen molar-refractivity contribution in [1.82, 2.24) is 20.5 Å². The topological polar surface area (TPSA) is 88.1 Å². The van der Waals surface area contributed by atoms with Crippen molar-refractivity contribution in [2.45, 2.75) is 6.54 Å². The molecular weight excluding hydrogens is 330 g/mol. The highest BCUT2D eigenvalue weighted by Crippen LogP contribution is 2.20. The minimum atomic E-state index is -0.396. The molecule has 2 aromatic carbocycles. The number of aromatic nitrogens is 2. The van der Waals surface area contributed by atoms with Crippen molar-refractivity contribution in [1.29, 1.82) is 0 Å². The van der Waals surface area contributed by atoms with Gasteiger partial charge in [0.15, 0.2) is 5.69 Å². The van der Waals surface area contributed by atoms with Gasteiger partial charge in [-0.25, -0.2) is 0 Å². The molecule has 3 aromatic rings. The van der Waals surface area contributed by atoms with Crippen molar-refractivity contribution in [2.75, 3.05) is 12.0 Å². The highest BCUT2D eigenvalue weighted by molar-refractivity contribution is 5.98. The lowest BCUT2D eigenvalue weighted by Gasteiger charge is -2.13. The van der Waals surface area contributed by atoms with E-state index in [4.69, 9.17) is 0 Å². The number of nitrogens with zero attached hydrogens (tertiary/aromatic N) is 2. The molecule has 0 bridgehead atoms. The third kappa shape index (κ3) is 3.14. The van der Waals surface area contributed by atoms with Gasteiger partial charge in [0.2, 0.25) is 0 Å². The Bertz CT molecular complexity index is 948. The Kier molecular flexibility index (Phi) is 4.10. The van der Waals surface area contributed by atoms with Crippen LogP contribution in [0.25, 0.3) is 11.1 Å². The first kappa shape index (κ1) is 15.9. The summed E-state index contributed by atoms with van der Waals surface area (Å²) in [6.07, 6.45) is 0. The second kappa shape index (κ2) is 6.72. The Morgan fingerprint density at radius 2 is 1.77 bits per heavy atom. The molecule has 0 saturated carbocycles. The molecule has 0 radical (unpaired) electrons. The smallest absolute Gasteiger partial charge is 0.290 e. The Morgan fingerprint density at radius 1 is 1.04 bits per heavy atom. The van der Waals surface area contributed by atoms with Crippen molar-refractivity contribution in [3.05, 3.63) is 72.1 Å². The lowest BCUT2D eigenvalue weighted by atomic mass is 10.1. The largest absolute Gasteiger partial charge is 0.349 e. The molecule has 0 fully saturated rings. The maximum Gasteiger partial charge on any atom is 0.290 e. The number of fused-ring (bicyclic) bond motifs is 1. The lowest BCUT2D eigenvalue weighted by molar-refractivity contribution is 0.0921. The molecule has 1 aliphatic rings. The zero-order valence-corrected chi connectivity index (χ0v) is 13.9. The fourth-order valence-electron chi connectivity index (χ4n) is 2.82. The second-order valence-electron chi connectivity index (χ2n) is 5.92. The lowest BCUT2D eigenvalue weighted by Crippen LogP contribution is -2.35. The first-order chi connectivity index (χ1) is 12.7. The van der Waals surface area contributed by atoms with Crippen LogP contribution in [-0.4, -0.2) is 28.1 Å². The molecule has 2 heterocycles. The van der Waals surface area contributed by atoms with E-state index in [-0.39, 0.29) is 11.6 Å². The number of carbonyl (C=O) groups excluding carboxylic acids is 2. The van der Waals surface area contributed by atoms with Crippen LogP contribution in [0.2, 0.25) is 0 Å². The minimum Gasteiger partial charge on any atom is -0.349 e. The molecule has 130 valence electrons. The predicted molar refractivity (Wildman–Crippen MR) is 97.5 cm³/mol. The van der Waals surface area contributed by atoms with E-state index < -0.39 is 5.91 Å². The van der Waals surface area contributed by atoms with E-state index in [9.17, 15) is 9.59 Å². The Balaban J connectivity index is 1.41. The molecule has 0 spiro atoms. The zero-order chi connectivity index (χ0) is 17.9. The summed E-state index contributed by atoms with van der Waals surface area (Å²) in [5.74, 6) is -0.612. The minimum absolute atomic E-state index is 0.199. The maximum absolute atomic E-state index is 12.2. The van der Waals surface area contributed by atoms with Gasteiger partial charge in [-0.1, -0.05) is 42.5 Å². The van der Waals surface area contributed by atoms with E-state index in [1.165, 1.54) is 6.07 Å². The maximum atomic E-state index is 12.2. The zero-order valence-electron chi connectivity index (χ0n) is 13.9. The monoisotopic (exact) mass is 347 g/mol. The predicted octanol–water partition coefficient (Wildman–Crippen LogP) is 2.05. The first-order valence-electron chi connectivity index (χ1n) is 8.28. The summed E-state index contributed by atoms with van der Waals surface area (Å²) in [5.41, 5.74) is 9.03. The van der Waals surface area contributed by atoms with Crippen LogP contribution < -0.4 is 16.2 Å². The molecule has 0 aliphatic carbocycles. The molecule has 7 nitrogen and oxygen atoms in total. The van der Waals surface area contributed by atoms with Gasteiger partial charge in [0.1, 0.15) is 5.69 Å². The average molecular weight is 347 g/mol. The van der Waals surface area contributed by atoms with Crippen molar-refractivity contribution >= 4 is 17.5 Å². The van der Waals surface area contributed by atoms with Crippen molar-refractivity contribution in [3.8, 4) is 11.1 Å². The molecule has 1 aromatic heterocycles. The van der Waals surface area contributed by atoms with Gasteiger partial charge in [-0.2, -0.15) is 5.10 Å². The molecule has 3 N–H and O–H groups in total. The number of carbonyl (C=O) groups is 2. The van der Waals surface area contributed by atoms with Crippen LogP contribution >= 0.6 is 0 Å². The highest BCUT2D eigenvalue weighted by atomic mass is 16.2. The number of hydrogen-bond donors (Lipinski definition) is 3. The average Bonchev–Trinajstić information content (AvgIpc) is 3.13. The van der Waals surface area contributed by atoms with Gasteiger partial charge >= 0.3 is 0 Å². The Morgan fingerprint density at radius 3 is 2.50 bits per heavy atom. The second-order valence-corrected chi connectivity index (χ2v) is 5.92. The summed E-state index contributed by atoms with van der Waals surface area (Å²) < 4.78 is 1.54. The molecule has 1 aliphatic heterocycles.